The second-order valence-corrected chi connectivity index (χ2v) is 10.5. The zero-order chi connectivity index (χ0) is 27.6. The number of dihydropyridines is 2. The summed E-state index contributed by atoms with van der Waals surface area (Å²) in [4.78, 5) is 11.6. The van der Waals surface area contributed by atoms with Crippen LogP contribution < -0.4 is 22.1 Å². The van der Waals surface area contributed by atoms with Gasteiger partial charge in [-0.15, -0.1) is 0 Å². The van der Waals surface area contributed by atoms with Gasteiger partial charge in [-0.3, -0.25) is 9.89 Å². The van der Waals surface area contributed by atoms with Crippen LogP contribution in [0.2, 0.25) is 0 Å². The number of hydrogen-bond donors (Lipinski definition) is 5. The number of nitrogens with two attached hydrogens (primary N) is 2. The van der Waals surface area contributed by atoms with Crippen LogP contribution in [0.25, 0.3) is 0 Å². The SMILES string of the molecule is CC(C)C(C=N)=CC(N)=NC1=CC=C2NC=C(C(C=NCC(CN3CCOCC3)OCC3CC3)=CN)C=C2N1. The Kier molecular flexibility index (Phi) is 10.3. The third kappa shape index (κ3) is 8.77. The van der Waals surface area contributed by atoms with Crippen molar-refractivity contribution in [3.05, 3.63) is 70.6 Å². The van der Waals surface area contributed by atoms with Crippen molar-refractivity contribution in [3.8, 4) is 0 Å². The van der Waals surface area contributed by atoms with Crippen molar-refractivity contribution >= 4 is 18.3 Å². The van der Waals surface area contributed by atoms with Crippen LogP contribution in [-0.2, 0) is 9.47 Å². The summed E-state index contributed by atoms with van der Waals surface area (Å²) in [5.41, 5.74) is 16.4. The van der Waals surface area contributed by atoms with Gasteiger partial charge in [0.2, 0.25) is 0 Å². The Hall–Kier alpha value is -3.47. The molecule has 1 saturated heterocycles. The van der Waals surface area contributed by atoms with Crippen molar-refractivity contribution in [2.24, 2.45) is 33.3 Å². The van der Waals surface area contributed by atoms with E-state index in [1.807, 2.05) is 44.5 Å². The van der Waals surface area contributed by atoms with Crippen LogP contribution in [0.4, 0.5) is 0 Å². The van der Waals surface area contributed by atoms with E-state index in [1.54, 1.807) is 12.3 Å². The first kappa shape index (κ1) is 28.5. The van der Waals surface area contributed by atoms with Crippen molar-refractivity contribution < 1.29 is 9.47 Å². The summed E-state index contributed by atoms with van der Waals surface area (Å²) < 4.78 is 11.7. The molecule has 10 heteroatoms. The zero-order valence-corrected chi connectivity index (χ0v) is 23.0. The van der Waals surface area contributed by atoms with Crippen molar-refractivity contribution in [2.45, 2.75) is 32.8 Å². The molecule has 1 unspecified atom stereocenters. The summed E-state index contributed by atoms with van der Waals surface area (Å²) in [7, 11) is 0. The molecule has 0 bridgehead atoms. The minimum absolute atomic E-state index is 0.0410. The van der Waals surface area contributed by atoms with Crippen LogP contribution in [0.5, 0.6) is 0 Å². The maximum atomic E-state index is 7.57. The third-order valence-corrected chi connectivity index (χ3v) is 6.92. The average molecular weight is 535 g/mol. The zero-order valence-electron chi connectivity index (χ0n) is 23.0. The normalized spacial score (nSPS) is 21.9. The molecule has 0 radical (unpaired) electrons. The predicted molar refractivity (Wildman–Crippen MR) is 157 cm³/mol. The van der Waals surface area contributed by atoms with E-state index < -0.39 is 0 Å². The Bertz CT molecular complexity index is 1130. The number of morpholine rings is 1. The van der Waals surface area contributed by atoms with Crippen LogP contribution in [0.1, 0.15) is 26.7 Å². The Morgan fingerprint density at radius 3 is 2.74 bits per heavy atom. The van der Waals surface area contributed by atoms with Gasteiger partial charge in [-0.25, -0.2) is 4.99 Å². The summed E-state index contributed by atoms with van der Waals surface area (Å²) in [5, 5.41) is 14.2. The Morgan fingerprint density at radius 2 is 2.05 bits per heavy atom. The summed E-state index contributed by atoms with van der Waals surface area (Å²) in [6.07, 6.45) is 16.7. The number of nitrogens with zero attached hydrogens (tertiary/aromatic N) is 3. The van der Waals surface area contributed by atoms with Crippen molar-refractivity contribution in [1.29, 1.82) is 5.41 Å². The van der Waals surface area contributed by atoms with Gasteiger partial charge >= 0.3 is 0 Å². The molecule has 10 nitrogen and oxygen atoms in total. The fourth-order valence-corrected chi connectivity index (χ4v) is 4.31. The molecule has 4 rings (SSSR count). The predicted octanol–water partition coefficient (Wildman–Crippen LogP) is 2.32. The molecule has 0 spiro atoms. The Labute approximate surface area is 231 Å². The van der Waals surface area contributed by atoms with Gasteiger partial charge in [-0.05, 0) is 54.6 Å². The molecule has 210 valence electrons. The summed E-state index contributed by atoms with van der Waals surface area (Å²) in [6, 6.07) is 0. The van der Waals surface area contributed by atoms with E-state index >= 15 is 0 Å². The molecule has 1 saturated carbocycles. The fourth-order valence-electron chi connectivity index (χ4n) is 4.31. The topological polar surface area (TPSA) is 146 Å². The molecule has 0 aromatic carbocycles. The number of amidine groups is 1. The molecule has 0 aromatic heterocycles. The minimum atomic E-state index is 0.0410. The molecule has 1 aliphatic carbocycles. The van der Waals surface area contributed by atoms with Crippen LogP contribution in [0.15, 0.2) is 80.6 Å². The lowest BCUT2D eigenvalue weighted by Crippen LogP contribution is -2.42. The molecule has 4 aliphatic rings. The molecule has 7 N–H and O–H groups in total. The van der Waals surface area contributed by atoms with E-state index in [0.29, 0.717) is 24.1 Å². The molecule has 3 heterocycles. The maximum absolute atomic E-state index is 7.57. The van der Waals surface area contributed by atoms with Crippen LogP contribution in [-0.4, -0.2) is 75.3 Å². The fraction of sp³-hybridized carbons (Fsp3) is 0.483. The van der Waals surface area contributed by atoms with E-state index in [0.717, 1.165) is 67.6 Å². The first-order valence-corrected chi connectivity index (χ1v) is 13.7. The summed E-state index contributed by atoms with van der Waals surface area (Å²) >= 11 is 0. The smallest absolute Gasteiger partial charge is 0.132 e. The summed E-state index contributed by atoms with van der Waals surface area (Å²) in [6.45, 7) is 9.67. The lowest BCUT2D eigenvalue weighted by molar-refractivity contribution is -0.0112. The second-order valence-electron chi connectivity index (χ2n) is 10.5. The van der Waals surface area contributed by atoms with Gasteiger partial charge in [-0.2, -0.15) is 0 Å². The van der Waals surface area contributed by atoms with Crippen molar-refractivity contribution in [2.75, 3.05) is 46.0 Å². The van der Waals surface area contributed by atoms with Gasteiger partial charge in [0.15, 0.2) is 0 Å². The largest absolute Gasteiger partial charge is 0.404 e. The number of fused-ring (bicyclic) bond motifs is 1. The highest BCUT2D eigenvalue weighted by Gasteiger charge is 2.24. The van der Waals surface area contributed by atoms with Gasteiger partial charge in [0.1, 0.15) is 11.7 Å². The molecule has 39 heavy (non-hydrogen) atoms. The van der Waals surface area contributed by atoms with E-state index in [2.05, 4.69) is 20.5 Å². The Morgan fingerprint density at radius 1 is 1.26 bits per heavy atom. The van der Waals surface area contributed by atoms with Crippen molar-refractivity contribution in [1.82, 2.24) is 15.5 Å². The number of hydrogen-bond acceptors (Lipinski definition) is 9. The number of aliphatic imine (C=N–C) groups is 2. The Balaban J connectivity index is 1.38. The lowest BCUT2D eigenvalue weighted by Gasteiger charge is -2.30. The molecule has 2 fully saturated rings. The number of nitrogens with one attached hydrogen (secondary N) is 3. The first-order valence-electron chi connectivity index (χ1n) is 13.7. The van der Waals surface area contributed by atoms with Crippen LogP contribution in [0.3, 0.4) is 0 Å². The standard InChI is InChI=1S/C29H42N8O2/c1-20(2)22(13-30)12-28(32)36-29-6-5-26-27(35-29)11-23(16-34-26)24(14-31)15-33-17-25(39-19-21-3-4-21)18-37-7-9-38-10-8-37/h5-6,11-16,20-21,25,30,34-35H,3-4,7-10,17-19,31H2,1-2H3,(H2,32,36). The molecular weight excluding hydrogens is 492 g/mol. The highest BCUT2D eigenvalue weighted by molar-refractivity contribution is 5.97. The van der Waals surface area contributed by atoms with E-state index in [-0.39, 0.29) is 12.0 Å². The first-order chi connectivity index (χ1) is 18.9. The van der Waals surface area contributed by atoms with Gasteiger partial charge in [0.25, 0.3) is 0 Å². The highest BCUT2D eigenvalue weighted by atomic mass is 16.5. The van der Waals surface area contributed by atoms with E-state index in [9.17, 15) is 0 Å². The van der Waals surface area contributed by atoms with E-state index in [1.165, 1.54) is 19.1 Å². The molecule has 1 atom stereocenters. The van der Waals surface area contributed by atoms with Crippen molar-refractivity contribution in [3.63, 3.8) is 0 Å². The van der Waals surface area contributed by atoms with Crippen LogP contribution >= 0.6 is 0 Å². The maximum Gasteiger partial charge on any atom is 0.132 e. The van der Waals surface area contributed by atoms with E-state index in [4.69, 9.17) is 31.3 Å². The molecular formula is C29H42N8O2. The van der Waals surface area contributed by atoms with Gasteiger partial charge in [-0.1, -0.05) is 13.8 Å². The molecule has 0 aromatic rings. The van der Waals surface area contributed by atoms with Crippen LogP contribution in [0, 0.1) is 17.2 Å². The second kappa shape index (κ2) is 14.1. The minimum Gasteiger partial charge on any atom is -0.404 e. The quantitative estimate of drug-likeness (QED) is 0.180. The number of rotatable bonds is 13. The summed E-state index contributed by atoms with van der Waals surface area (Å²) in [5.74, 6) is 1.85. The third-order valence-electron chi connectivity index (χ3n) is 6.92. The van der Waals surface area contributed by atoms with Gasteiger partial charge < -0.3 is 37.0 Å². The number of ether oxygens (including phenoxy) is 2. The molecule has 3 aliphatic heterocycles. The molecule has 0 amide bonds. The van der Waals surface area contributed by atoms with Gasteiger partial charge in [0.05, 0.1) is 37.3 Å². The highest BCUT2D eigenvalue weighted by Crippen LogP contribution is 2.29. The van der Waals surface area contributed by atoms with Gasteiger partial charge in [0, 0.05) is 62.2 Å². The lowest BCUT2D eigenvalue weighted by atomic mass is 10.0. The average Bonchev–Trinajstić information content (AvgIpc) is 3.77. The number of allylic oxidation sites excluding steroid dienone is 6. The monoisotopic (exact) mass is 534 g/mol.